The highest BCUT2D eigenvalue weighted by Crippen LogP contribution is 2.21. The van der Waals surface area contributed by atoms with Gasteiger partial charge in [0.15, 0.2) is 6.29 Å². The Kier molecular flexibility index (Phi) is 8.27. The molecule has 1 saturated carbocycles. The van der Waals surface area contributed by atoms with Gasteiger partial charge in [0, 0.05) is 36.4 Å². The molecule has 176 valence electrons. The Morgan fingerprint density at radius 3 is 2.72 bits per heavy atom. The van der Waals surface area contributed by atoms with Gasteiger partial charge in [-0.3, -0.25) is 10.2 Å². The van der Waals surface area contributed by atoms with Crippen molar-refractivity contribution in [3.05, 3.63) is 29.3 Å². The van der Waals surface area contributed by atoms with E-state index in [-0.39, 0.29) is 6.29 Å². The highest BCUT2D eigenvalue weighted by atomic mass is 35.5. The summed E-state index contributed by atoms with van der Waals surface area (Å²) in [4.78, 5) is 14.3. The van der Waals surface area contributed by atoms with Crippen LogP contribution in [-0.4, -0.2) is 61.9 Å². The minimum absolute atomic E-state index is 0.194. The SMILES string of the molecule is CCN1CCCC1CNC1=NC(NC2CCCCCC2)NC(N(C)c2cccc(Cl)c2)=N1. The van der Waals surface area contributed by atoms with Crippen LogP contribution in [0, 0.1) is 0 Å². The van der Waals surface area contributed by atoms with Gasteiger partial charge in [0.05, 0.1) is 0 Å². The minimum Gasteiger partial charge on any atom is -0.353 e. The fourth-order valence-electron chi connectivity index (χ4n) is 5.00. The predicted molar refractivity (Wildman–Crippen MR) is 135 cm³/mol. The van der Waals surface area contributed by atoms with Crippen LogP contribution in [0.5, 0.6) is 0 Å². The van der Waals surface area contributed by atoms with Crippen LogP contribution in [0.2, 0.25) is 5.02 Å². The number of hydrogen-bond donors (Lipinski definition) is 3. The molecule has 1 aliphatic carbocycles. The molecule has 1 aromatic carbocycles. The summed E-state index contributed by atoms with van der Waals surface area (Å²) < 4.78 is 0. The average Bonchev–Trinajstić information content (AvgIpc) is 3.11. The molecule has 4 rings (SSSR count). The fourth-order valence-corrected chi connectivity index (χ4v) is 5.19. The Morgan fingerprint density at radius 2 is 1.97 bits per heavy atom. The smallest absolute Gasteiger partial charge is 0.224 e. The van der Waals surface area contributed by atoms with E-state index >= 15 is 0 Å². The van der Waals surface area contributed by atoms with Crippen molar-refractivity contribution in [3.63, 3.8) is 0 Å². The second-order valence-electron chi connectivity index (χ2n) is 9.13. The van der Waals surface area contributed by atoms with Crippen LogP contribution in [0.4, 0.5) is 5.69 Å². The largest absolute Gasteiger partial charge is 0.353 e. The minimum atomic E-state index is -0.194. The van der Waals surface area contributed by atoms with Crippen LogP contribution < -0.4 is 20.9 Å². The van der Waals surface area contributed by atoms with E-state index in [1.165, 1.54) is 57.9 Å². The molecule has 7 nitrogen and oxygen atoms in total. The van der Waals surface area contributed by atoms with Gasteiger partial charge in [0.2, 0.25) is 11.9 Å². The molecule has 2 atom stereocenters. The normalized spacial score (nSPS) is 25.0. The molecular weight excluding hydrogens is 422 g/mol. The summed E-state index contributed by atoms with van der Waals surface area (Å²) in [5, 5.41) is 11.5. The van der Waals surface area contributed by atoms with Gasteiger partial charge in [-0.15, -0.1) is 0 Å². The van der Waals surface area contributed by atoms with Gasteiger partial charge < -0.3 is 15.5 Å². The van der Waals surface area contributed by atoms with Crippen molar-refractivity contribution >= 4 is 29.2 Å². The molecule has 3 aliphatic rings. The quantitative estimate of drug-likeness (QED) is 0.565. The Hall–Kier alpha value is -1.83. The first-order chi connectivity index (χ1) is 15.6. The number of likely N-dealkylation sites (tertiary alicyclic amines) is 1. The van der Waals surface area contributed by atoms with Crippen LogP contribution in [0.25, 0.3) is 0 Å². The summed E-state index contributed by atoms with van der Waals surface area (Å²) in [6.45, 7) is 5.40. The lowest BCUT2D eigenvalue weighted by Gasteiger charge is -2.32. The van der Waals surface area contributed by atoms with Gasteiger partial charge in [-0.2, -0.15) is 4.99 Å². The summed E-state index contributed by atoms with van der Waals surface area (Å²) in [7, 11) is 2.01. The summed E-state index contributed by atoms with van der Waals surface area (Å²) in [6.07, 6.45) is 9.98. The van der Waals surface area contributed by atoms with Gasteiger partial charge in [-0.1, -0.05) is 50.3 Å². The van der Waals surface area contributed by atoms with Crippen molar-refractivity contribution in [1.29, 1.82) is 0 Å². The van der Waals surface area contributed by atoms with Crippen molar-refractivity contribution in [2.45, 2.75) is 76.7 Å². The lowest BCUT2D eigenvalue weighted by Crippen LogP contribution is -2.56. The summed E-state index contributed by atoms with van der Waals surface area (Å²) in [6, 6.07) is 8.89. The monoisotopic (exact) mass is 459 g/mol. The van der Waals surface area contributed by atoms with Crippen molar-refractivity contribution < 1.29 is 0 Å². The van der Waals surface area contributed by atoms with E-state index in [2.05, 4.69) is 27.8 Å². The highest BCUT2D eigenvalue weighted by Gasteiger charge is 2.26. The Morgan fingerprint density at radius 1 is 1.16 bits per heavy atom. The second-order valence-corrected chi connectivity index (χ2v) is 9.57. The van der Waals surface area contributed by atoms with Crippen LogP contribution in [0.15, 0.2) is 34.3 Å². The molecule has 0 radical (unpaired) electrons. The Bertz CT molecular complexity index is 803. The third-order valence-electron chi connectivity index (χ3n) is 6.89. The van der Waals surface area contributed by atoms with Gasteiger partial charge in [-0.25, -0.2) is 4.99 Å². The number of benzene rings is 1. The summed E-state index contributed by atoms with van der Waals surface area (Å²) in [5.41, 5.74) is 0.992. The summed E-state index contributed by atoms with van der Waals surface area (Å²) in [5.74, 6) is 1.47. The van der Waals surface area contributed by atoms with Gasteiger partial charge in [-0.05, 0) is 57.0 Å². The molecular formula is C24H38ClN7. The highest BCUT2D eigenvalue weighted by molar-refractivity contribution is 6.31. The number of anilines is 1. The van der Waals surface area contributed by atoms with Crippen molar-refractivity contribution in [3.8, 4) is 0 Å². The van der Waals surface area contributed by atoms with Gasteiger partial charge in [0.25, 0.3) is 0 Å². The average molecular weight is 460 g/mol. The zero-order valence-corrected chi connectivity index (χ0v) is 20.2. The molecule has 8 heteroatoms. The third kappa shape index (κ3) is 6.15. The van der Waals surface area contributed by atoms with Crippen molar-refractivity contribution in [1.82, 2.24) is 20.9 Å². The third-order valence-corrected chi connectivity index (χ3v) is 7.13. The molecule has 0 bridgehead atoms. The molecule has 2 aliphatic heterocycles. The van der Waals surface area contributed by atoms with E-state index in [0.717, 1.165) is 24.7 Å². The molecule has 1 saturated heterocycles. The number of nitrogens with zero attached hydrogens (tertiary/aromatic N) is 4. The number of rotatable bonds is 6. The lowest BCUT2D eigenvalue weighted by molar-refractivity contribution is 0.267. The zero-order valence-electron chi connectivity index (χ0n) is 19.5. The molecule has 2 fully saturated rings. The van der Waals surface area contributed by atoms with Gasteiger partial charge >= 0.3 is 0 Å². The molecule has 32 heavy (non-hydrogen) atoms. The first-order valence-corrected chi connectivity index (χ1v) is 12.7. The number of likely N-dealkylation sites (N-methyl/N-ethyl adjacent to an activating group) is 1. The molecule has 0 spiro atoms. The number of halogens is 1. The van der Waals surface area contributed by atoms with Gasteiger partial charge in [0.1, 0.15) is 0 Å². The fraction of sp³-hybridized carbons (Fsp3) is 0.667. The number of hydrogen-bond acceptors (Lipinski definition) is 7. The van der Waals surface area contributed by atoms with Crippen LogP contribution in [-0.2, 0) is 0 Å². The molecule has 0 amide bonds. The zero-order chi connectivity index (χ0) is 22.3. The van der Waals surface area contributed by atoms with E-state index in [0.29, 0.717) is 23.1 Å². The van der Waals surface area contributed by atoms with E-state index in [1.807, 2.05) is 36.2 Å². The molecule has 3 N–H and O–H groups in total. The standard InChI is InChI=1S/C24H38ClN7/c1-3-32-15-9-14-21(32)17-26-22-28-23(27-19-11-6-4-5-7-12-19)30-24(29-22)31(2)20-13-8-10-18(25)16-20/h8,10,13,16,19,21,23,27H,3-7,9,11-12,14-15,17H2,1-2H3,(H2,26,28,29,30). The van der Waals surface area contributed by atoms with Crippen molar-refractivity contribution in [2.24, 2.45) is 9.98 Å². The first kappa shape index (κ1) is 23.3. The second kappa shape index (κ2) is 11.3. The van der Waals surface area contributed by atoms with Crippen LogP contribution in [0.1, 0.15) is 58.3 Å². The number of nitrogens with one attached hydrogen (secondary N) is 3. The number of aliphatic imine (C=N–C) groups is 2. The Labute approximate surface area is 197 Å². The molecule has 1 aromatic rings. The number of guanidine groups is 2. The van der Waals surface area contributed by atoms with Crippen LogP contribution in [0.3, 0.4) is 0 Å². The maximum Gasteiger partial charge on any atom is 0.224 e. The molecule has 2 heterocycles. The van der Waals surface area contributed by atoms with E-state index in [4.69, 9.17) is 21.6 Å². The maximum absolute atomic E-state index is 6.24. The molecule has 0 aromatic heterocycles. The van der Waals surface area contributed by atoms with E-state index in [9.17, 15) is 0 Å². The maximum atomic E-state index is 6.24. The van der Waals surface area contributed by atoms with E-state index < -0.39 is 0 Å². The van der Waals surface area contributed by atoms with Crippen molar-refractivity contribution in [2.75, 3.05) is 31.6 Å². The topological polar surface area (TPSA) is 67.3 Å². The molecule has 2 unspecified atom stereocenters. The predicted octanol–water partition coefficient (Wildman–Crippen LogP) is 3.76. The lowest BCUT2D eigenvalue weighted by atomic mass is 10.1. The first-order valence-electron chi connectivity index (χ1n) is 12.3. The Balaban J connectivity index is 1.48. The summed E-state index contributed by atoms with van der Waals surface area (Å²) >= 11 is 6.24. The van der Waals surface area contributed by atoms with E-state index in [1.54, 1.807) is 0 Å². The van der Waals surface area contributed by atoms with Crippen LogP contribution >= 0.6 is 11.6 Å².